The zero-order valence-electron chi connectivity index (χ0n) is 10.5. The minimum Gasteiger partial charge on any atom is -0.494 e. The zero-order valence-corrected chi connectivity index (χ0v) is 10.5. The van der Waals surface area contributed by atoms with E-state index < -0.39 is 5.97 Å². The van der Waals surface area contributed by atoms with Gasteiger partial charge in [-0.25, -0.2) is 0 Å². The number of hydrogen-bond donors (Lipinski definition) is 1. The van der Waals surface area contributed by atoms with Crippen LogP contribution < -0.4 is 4.74 Å². The fraction of sp³-hybridized carbons (Fsp3) is 0.500. The molecule has 0 saturated carbocycles. The fourth-order valence-corrected chi connectivity index (χ4v) is 1.76. The van der Waals surface area contributed by atoms with Crippen molar-refractivity contribution in [3.8, 4) is 5.75 Å². The number of carboxylic acids is 1. The van der Waals surface area contributed by atoms with Crippen LogP contribution in [0.5, 0.6) is 5.75 Å². The third kappa shape index (κ3) is 5.95. The van der Waals surface area contributed by atoms with Crippen molar-refractivity contribution in [3.05, 3.63) is 30.3 Å². The smallest absolute Gasteiger partial charge is 0.303 e. The van der Waals surface area contributed by atoms with E-state index >= 15 is 0 Å². The average molecular weight is 236 g/mol. The van der Waals surface area contributed by atoms with Gasteiger partial charge in [-0.3, -0.25) is 4.79 Å². The molecule has 0 atom stereocenters. The van der Waals surface area contributed by atoms with Gasteiger partial charge in [0.25, 0.3) is 0 Å². The van der Waals surface area contributed by atoms with E-state index in [4.69, 9.17) is 9.84 Å². The summed E-state index contributed by atoms with van der Waals surface area (Å²) in [6.45, 7) is 4.58. The number of hydrogen-bond acceptors (Lipinski definition) is 2. The second kappa shape index (κ2) is 6.28. The summed E-state index contributed by atoms with van der Waals surface area (Å²) in [5.41, 5.74) is -0.161. The van der Waals surface area contributed by atoms with E-state index in [1.165, 1.54) is 0 Å². The van der Waals surface area contributed by atoms with Crippen LogP contribution in [-0.4, -0.2) is 17.7 Å². The lowest BCUT2D eigenvalue weighted by atomic mass is 9.84. The van der Waals surface area contributed by atoms with Gasteiger partial charge in [0.15, 0.2) is 0 Å². The van der Waals surface area contributed by atoms with Crippen LogP contribution in [-0.2, 0) is 4.79 Å². The molecule has 0 radical (unpaired) electrons. The van der Waals surface area contributed by atoms with Crippen LogP contribution in [0.4, 0.5) is 0 Å². The Morgan fingerprint density at radius 2 is 1.94 bits per heavy atom. The Hall–Kier alpha value is -1.51. The third-order valence-corrected chi connectivity index (χ3v) is 2.64. The largest absolute Gasteiger partial charge is 0.494 e. The van der Waals surface area contributed by atoms with Gasteiger partial charge >= 0.3 is 5.97 Å². The van der Waals surface area contributed by atoms with E-state index in [2.05, 4.69) is 0 Å². The number of carboxylic acid groups (broad SMARTS) is 1. The molecule has 0 bridgehead atoms. The maximum Gasteiger partial charge on any atom is 0.303 e. The first-order chi connectivity index (χ1) is 7.99. The molecule has 0 unspecified atom stereocenters. The molecule has 0 amide bonds. The molecule has 0 aliphatic rings. The van der Waals surface area contributed by atoms with Crippen molar-refractivity contribution in [1.82, 2.24) is 0 Å². The first-order valence-electron chi connectivity index (χ1n) is 5.89. The summed E-state index contributed by atoms with van der Waals surface area (Å²) in [6, 6.07) is 9.65. The van der Waals surface area contributed by atoms with Crippen LogP contribution in [0.15, 0.2) is 30.3 Å². The van der Waals surface area contributed by atoms with Gasteiger partial charge in [-0.1, -0.05) is 32.0 Å². The molecule has 17 heavy (non-hydrogen) atoms. The van der Waals surface area contributed by atoms with Crippen molar-refractivity contribution in [3.63, 3.8) is 0 Å². The molecule has 1 aromatic rings. The highest BCUT2D eigenvalue weighted by atomic mass is 16.5. The fourth-order valence-electron chi connectivity index (χ4n) is 1.76. The van der Waals surface area contributed by atoms with E-state index in [1.807, 2.05) is 44.2 Å². The Morgan fingerprint density at radius 3 is 2.53 bits per heavy atom. The van der Waals surface area contributed by atoms with Crippen molar-refractivity contribution >= 4 is 5.97 Å². The molecule has 3 nitrogen and oxygen atoms in total. The second-order valence-corrected chi connectivity index (χ2v) is 5.00. The number of carbonyl (C=O) groups is 1. The second-order valence-electron chi connectivity index (χ2n) is 5.00. The Balaban J connectivity index is 2.22. The lowest BCUT2D eigenvalue weighted by Crippen LogP contribution is -2.17. The first-order valence-corrected chi connectivity index (χ1v) is 5.89. The number of ether oxygens (including phenoxy) is 1. The molecule has 0 aliphatic carbocycles. The van der Waals surface area contributed by atoms with Gasteiger partial charge in [-0.15, -0.1) is 0 Å². The average Bonchev–Trinajstić information content (AvgIpc) is 2.24. The monoisotopic (exact) mass is 236 g/mol. The first kappa shape index (κ1) is 13.6. The number of rotatable bonds is 7. The van der Waals surface area contributed by atoms with Crippen LogP contribution in [0.3, 0.4) is 0 Å². The molecule has 0 heterocycles. The van der Waals surface area contributed by atoms with Crippen LogP contribution >= 0.6 is 0 Å². The molecule has 0 fully saturated rings. The molecule has 94 valence electrons. The number of aliphatic carboxylic acids is 1. The topological polar surface area (TPSA) is 46.5 Å². The van der Waals surface area contributed by atoms with E-state index in [0.29, 0.717) is 6.61 Å². The minimum absolute atomic E-state index is 0.161. The molecule has 1 rings (SSSR count). The van der Waals surface area contributed by atoms with Gasteiger partial charge < -0.3 is 9.84 Å². The van der Waals surface area contributed by atoms with Crippen molar-refractivity contribution in [2.24, 2.45) is 5.41 Å². The highest BCUT2D eigenvalue weighted by molar-refractivity contribution is 5.67. The van der Waals surface area contributed by atoms with Crippen molar-refractivity contribution in [2.75, 3.05) is 6.61 Å². The molecule has 3 heteroatoms. The van der Waals surface area contributed by atoms with Crippen LogP contribution in [0.2, 0.25) is 0 Å². The predicted octanol–water partition coefficient (Wildman–Crippen LogP) is 3.35. The molecule has 0 spiro atoms. The van der Waals surface area contributed by atoms with Gasteiger partial charge in [0.1, 0.15) is 5.75 Å². The molecule has 1 N–H and O–H groups in total. The van der Waals surface area contributed by atoms with Crippen LogP contribution in [0.1, 0.15) is 33.1 Å². The number of para-hydroxylation sites is 1. The molecule has 1 aromatic carbocycles. The van der Waals surface area contributed by atoms with Crippen LogP contribution in [0.25, 0.3) is 0 Å². The summed E-state index contributed by atoms with van der Waals surface area (Å²) in [6.07, 6.45) is 1.93. The highest BCUT2D eigenvalue weighted by Gasteiger charge is 2.21. The summed E-state index contributed by atoms with van der Waals surface area (Å²) in [5, 5.41) is 8.75. The molecule has 0 aliphatic heterocycles. The molecule has 0 aromatic heterocycles. The van der Waals surface area contributed by atoms with Gasteiger partial charge in [0.05, 0.1) is 13.0 Å². The zero-order chi connectivity index (χ0) is 12.7. The normalized spacial score (nSPS) is 11.2. The van der Waals surface area contributed by atoms with Crippen molar-refractivity contribution < 1.29 is 14.6 Å². The quantitative estimate of drug-likeness (QED) is 0.738. The van der Waals surface area contributed by atoms with Gasteiger partial charge in [0.2, 0.25) is 0 Å². The van der Waals surface area contributed by atoms with Crippen molar-refractivity contribution in [1.29, 1.82) is 0 Å². The standard InChI is InChI=1S/C14H20O3/c1-14(2,11-13(15)16)9-6-10-17-12-7-4-3-5-8-12/h3-5,7-8H,6,9-11H2,1-2H3,(H,15,16). The predicted molar refractivity (Wildman–Crippen MR) is 67.2 cm³/mol. The van der Waals surface area contributed by atoms with E-state index in [9.17, 15) is 4.79 Å². The summed E-state index contributed by atoms with van der Waals surface area (Å²) in [4.78, 5) is 10.6. The summed E-state index contributed by atoms with van der Waals surface area (Å²) < 4.78 is 5.56. The third-order valence-electron chi connectivity index (χ3n) is 2.64. The van der Waals surface area contributed by atoms with E-state index in [1.54, 1.807) is 0 Å². The van der Waals surface area contributed by atoms with Gasteiger partial charge in [-0.05, 0) is 30.4 Å². The minimum atomic E-state index is -0.737. The van der Waals surface area contributed by atoms with E-state index in [-0.39, 0.29) is 11.8 Å². The Morgan fingerprint density at radius 1 is 1.29 bits per heavy atom. The SMILES string of the molecule is CC(C)(CCCOc1ccccc1)CC(=O)O. The molecular formula is C14H20O3. The highest BCUT2D eigenvalue weighted by Crippen LogP contribution is 2.26. The maximum atomic E-state index is 10.6. The van der Waals surface area contributed by atoms with Gasteiger partial charge in [-0.2, -0.15) is 0 Å². The molecular weight excluding hydrogens is 216 g/mol. The van der Waals surface area contributed by atoms with E-state index in [0.717, 1.165) is 18.6 Å². The maximum absolute atomic E-state index is 10.6. The Kier molecular flexibility index (Phi) is 5.01. The Labute approximate surface area is 102 Å². The summed E-state index contributed by atoms with van der Waals surface area (Å²) in [5.74, 6) is 0.127. The van der Waals surface area contributed by atoms with Crippen molar-refractivity contribution in [2.45, 2.75) is 33.1 Å². The summed E-state index contributed by atoms with van der Waals surface area (Å²) in [7, 11) is 0. The Bertz CT molecular complexity index is 344. The van der Waals surface area contributed by atoms with Crippen LogP contribution in [0, 0.1) is 5.41 Å². The lowest BCUT2D eigenvalue weighted by Gasteiger charge is -2.22. The van der Waals surface area contributed by atoms with Gasteiger partial charge in [0, 0.05) is 0 Å². The molecule has 0 saturated heterocycles. The number of benzene rings is 1. The lowest BCUT2D eigenvalue weighted by molar-refractivity contribution is -0.139. The summed E-state index contributed by atoms with van der Waals surface area (Å²) >= 11 is 0.